The molecular weight excluding hydrogens is 314 g/mol. The molecule has 25 heavy (non-hydrogen) atoms. The first-order valence-corrected chi connectivity index (χ1v) is 8.07. The third-order valence-corrected chi connectivity index (χ3v) is 3.46. The summed E-state index contributed by atoms with van der Waals surface area (Å²) >= 11 is 0. The lowest BCUT2D eigenvalue weighted by atomic mass is 10.2. The molecule has 0 saturated carbocycles. The Bertz CT molecular complexity index is 766. The van der Waals surface area contributed by atoms with E-state index in [9.17, 15) is 9.59 Å². The van der Waals surface area contributed by atoms with Crippen molar-refractivity contribution in [2.24, 2.45) is 5.73 Å². The van der Waals surface area contributed by atoms with Crippen molar-refractivity contribution in [1.82, 2.24) is 0 Å². The van der Waals surface area contributed by atoms with Gasteiger partial charge in [-0.3, -0.25) is 9.59 Å². The van der Waals surface area contributed by atoms with E-state index >= 15 is 0 Å². The van der Waals surface area contributed by atoms with Gasteiger partial charge in [0.25, 0.3) is 0 Å². The zero-order valence-electron chi connectivity index (χ0n) is 14.5. The molecule has 0 aromatic heterocycles. The van der Waals surface area contributed by atoms with E-state index in [-0.39, 0.29) is 12.5 Å². The maximum atomic E-state index is 11.9. The van der Waals surface area contributed by atoms with Crippen LogP contribution in [0.4, 0.5) is 11.4 Å². The summed E-state index contributed by atoms with van der Waals surface area (Å²) in [6, 6.07) is 17.2. The summed E-state index contributed by atoms with van der Waals surface area (Å²) in [5.41, 5.74) is 8.88. The Hall–Kier alpha value is -3.08. The fourth-order valence-corrected chi connectivity index (χ4v) is 2.45. The van der Waals surface area contributed by atoms with Crippen LogP contribution < -0.4 is 16.0 Å². The van der Waals surface area contributed by atoms with E-state index in [1.165, 1.54) is 6.08 Å². The molecular formula is C20H23N3O2. The van der Waals surface area contributed by atoms with Crippen LogP contribution in [-0.4, -0.2) is 18.4 Å². The number of allylic oxidation sites excluding steroid dienone is 1. The van der Waals surface area contributed by atoms with E-state index in [0.29, 0.717) is 12.2 Å². The summed E-state index contributed by atoms with van der Waals surface area (Å²) in [5.74, 6) is -0.587. The van der Waals surface area contributed by atoms with Crippen LogP contribution >= 0.6 is 0 Å². The van der Waals surface area contributed by atoms with Crippen molar-refractivity contribution in [2.45, 2.75) is 20.4 Å². The molecule has 2 aromatic carbocycles. The minimum absolute atomic E-state index is 0.0975. The molecule has 0 bridgehead atoms. The number of amides is 2. The van der Waals surface area contributed by atoms with Gasteiger partial charge in [0.05, 0.1) is 6.54 Å². The van der Waals surface area contributed by atoms with E-state index in [1.54, 1.807) is 0 Å². The number of benzene rings is 2. The Balaban J connectivity index is 2.22. The predicted octanol–water partition coefficient (Wildman–Crippen LogP) is 3.08. The molecule has 0 spiro atoms. The van der Waals surface area contributed by atoms with Crippen molar-refractivity contribution >= 4 is 23.2 Å². The lowest BCUT2D eigenvalue weighted by Gasteiger charge is -2.24. The second-order valence-electron chi connectivity index (χ2n) is 6.07. The highest BCUT2D eigenvalue weighted by atomic mass is 16.2. The van der Waals surface area contributed by atoms with Crippen molar-refractivity contribution in [1.29, 1.82) is 0 Å². The molecule has 2 aromatic rings. The lowest BCUT2D eigenvalue weighted by molar-refractivity contribution is -0.116. The fraction of sp³-hybridized carbons (Fsp3) is 0.200. The van der Waals surface area contributed by atoms with Crippen molar-refractivity contribution in [3.8, 4) is 0 Å². The first kappa shape index (κ1) is 18.3. The van der Waals surface area contributed by atoms with E-state index in [0.717, 1.165) is 16.8 Å². The minimum atomic E-state index is -0.407. The number of anilines is 2. The van der Waals surface area contributed by atoms with Crippen LogP contribution in [0.3, 0.4) is 0 Å². The second kappa shape index (κ2) is 8.68. The van der Waals surface area contributed by atoms with Gasteiger partial charge >= 0.3 is 0 Å². The summed E-state index contributed by atoms with van der Waals surface area (Å²) in [6.07, 6.45) is 1.54. The zero-order chi connectivity index (χ0) is 18.2. The number of nitrogens with one attached hydrogen (secondary N) is 1. The summed E-state index contributed by atoms with van der Waals surface area (Å²) in [5, 5.41) is 2.83. The molecule has 0 aliphatic heterocycles. The highest BCUT2D eigenvalue weighted by Gasteiger charge is 2.11. The van der Waals surface area contributed by atoms with Crippen molar-refractivity contribution < 1.29 is 9.59 Å². The second-order valence-corrected chi connectivity index (χ2v) is 6.07. The van der Waals surface area contributed by atoms with E-state index < -0.39 is 5.91 Å². The van der Waals surface area contributed by atoms with Crippen molar-refractivity contribution in [2.75, 3.05) is 16.8 Å². The molecule has 0 radical (unpaired) electrons. The van der Waals surface area contributed by atoms with Gasteiger partial charge in [-0.05, 0) is 37.6 Å². The molecule has 0 atom stereocenters. The molecule has 3 N–H and O–H groups in total. The lowest BCUT2D eigenvalue weighted by Crippen LogP contribution is -2.33. The predicted molar refractivity (Wildman–Crippen MR) is 101 cm³/mol. The smallest absolute Gasteiger partial charge is 0.248 e. The van der Waals surface area contributed by atoms with Gasteiger partial charge in [0.2, 0.25) is 11.8 Å². The van der Waals surface area contributed by atoms with Crippen LogP contribution in [0.1, 0.15) is 19.4 Å². The largest absolute Gasteiger partial charge is 0.368 e. The van der Waals surface area contributed by atoms with Gasteiger partial charge < -0.3 is 16.0 Å². The molecule has 5 heteroatoms. The van der Waals surface area contributed by atoms with Crippen molar-refractivity contribution in [3.63, 3.8) is 0 Å². The number of rotatable bonds is 7. The van der Waals surface area contributed by atoms with Crippen LogP contribution in [0.15, 0.2) is 66.2 Å². The molecule has 2 rings (SSSR count). The molecule has 0 aliphatic rings. The highest BCUT2D eigenvalue weighted by molar-refractivity contribution is 6.00. The third kappa shape index (κ3) is 6.14. The summed E-state index contributed by atoms with van der Waals surface area (Å²) in [4.78, 5) is 25.2. The standard InChI is InChI=1S/C20H23N3O2/c1-15(2)11-20(25)22-17-9-6-10-18(12-17)23(14-19(21)24)13-16-7-4-3-5-8-16/h3-12H,13-14H2,1-2H3,(H2,21,24)(H,22,25). The number of carbonyl (C=O) groups is 2. The first-order valence-electron chi connectivity index (χ1n) is 8.07. The fourth-order valence-electron chi connectivity index (χ4n) is 2.45. The van der Waals surface area contributed by atoms with Crippen LogP contribution in [0, 0.1) is 0 Å². The van der Waals surface area contributed by atoms with Gasteiger partial charge in [0, 0.05) is 24.0 Å². The van der Waals surface area contributed by atoms with Gasteiger partial charge in [0.15, 0.2) is 0 Å². The number of carbonyl (C=O) groups excluding carboxylic acids is 2. The molecule has 0 saturated heterocycles. The minimum Gasteiger partial charge on any atom is -0.368 e. The molecule has 5 nitrogen and oxygen atoms in total. The molecule has 130 valence electrons. The Kier molecular flexibility index (Phi) is 6.34. The molecule has 0 unspecified atom stereocenters. The Morgan fingerprint density at radius 1 is 1.08 bits per heavy atom. The zero-order valence-corrected chi connectivity index (χ0v) is 14.5. The normalized spacial score (nSPS) is 10.0. The first-order chi connectivity index (χ1) is 11.9. The summed E-state index contributed by atoms with van der Waals surface area (Å²) < 4.78 is 0. The van der Waals surface area contributed by atoms with E-state index in [4.69, 9.17) is 5.73 Å². The van der Waals surface area contributed by atoms with Gasteiger partial charge in [-0.2, -0.15) is 0 Å². The molecule has 0 aliphatic carbocycles. The van der Waals surface area contributed by atoms with Crippen LogP contribution in [0.2, 0.25) is 0 Å². The van der Waals surface area contributed by atoms with Gasteiger partial charge in [-0.1, -0.05) is 42.0 Å². The number of hydrogen-bond donors (Lipinski definition) is 2. The Morgan fingerprint density at radius 3 is 2.44 bits per heavy atom. The van der Waals surface area contributed by atoms with Crippen molar-refractivity contribution in [3.05, 3.63) is 71.8 Å². The van der Waals surface area contributed by atoms with Gasteiger partial charge in [0.1, 0.15) is 0 Å². The van der Waals surface area contributed by atoms with E-state index in [2.05, 4.69) is 5.32 Å². The Morgan fingerprint density at radius 2 is 1.80 bits per heavy atom. The maximum Gasteiger partial charge on any atom is 0.248 e. The monoisotopic (exact) mass is 337 g/mol. The van der Waals surface area contributed by atoms with Gasteiger partial charge in [-0.15, -0.1) is 0 Å². The topological polar surface area (TPSA) is 75.4 Å². The van der Waals surface area contributed by atoms with Gasteiger partial charge in [-0.25, -0.2) is 0 Å². The molecule has 0 heterocycles. The highest BCUT2D eigenvalue weighted by Crippen LogP contribution is 2.21. The SMILES string of the molecule is CC(C)=CC(=O)Nc1cccc(N(CC(N)=O)Cc2ccccc2)c1. The number of hydrogen-bond acceptors (Lipinski definition) is 3. The molecule has 2 amide bonds. The Labute approximate surface area is 148 Å². The number of primary amides is 1. The van der Waals surface area contributed by atoms with Crippen LogP contribution in [-0.2, 0) is 16.1 Å². The average molecular weight is 337 g/mol. The summed E-state index contributed by atoms with van der Waals surface area (Å²) in [6.45, 7) is 4.38. The third-order valence-electron chi connectivity index (χ3n) is 3.46. The number of nitrogens with two attached hydrogens (primary N) is 1. The maximum absolute atomic E-state index is 11.9. The average Bonchev–Trinajstić information content (AvgIpc) is 2.54. The number of nitrogens with zero attached hydrogens (tertiary/aromatic N) is 1. The van der Waals surface area contributed by atoms with Crippen LogP contribution in [0.5, 0.6) is 0 Å². The van der Waals surface area contributed by atoms with Crippen LogP contribution in [0.25, 0.3) is 0 Å². The summed E-state index contributed by atoms with van der Waals surface area (Å²) in [7, 11) is 0. The quantitative estimate of drug-likeness (QED) is 0.762. The van der Waals surface area contributed by atoms with E-state index in [1.807, 2.05) is 73.3 Å². The molecule has 0 fully saturated rings.